The molecule has 8 heteroatoms. The topological polar surface area (TPSA) is 106 Å². The van der Waals surface area contributed by atoms with E-state index in [1.54, 1.807) is 6.92 Å². The molecule has 132 valence electrons. The predicted molar refractivity (Wildman–Crippen MR) is 96.2 cm³/mol. The van der Waals surface area contributed by atoms with Gasteiger partial charge in [-0.3, -0.25) is 9.59 Å². The Morgan fingerprint density at radius 2 is 2.12 bits per heavy atom. The van der Waals surface area contributed by atoms with Crippen LogP contribution in [-0.4, -0.2) is 32.0 Å². The van der Waals surface area contributed by atoms with E-state index in [0.29, 0.717) is 18.8 Å². The second-order valence-corrected chi connectivity index (χ2v) is 6.00. The fraction of sp³-hybridized carbons (Fsp3) is 0.222. The fourth-order valence-electron chi connectivity index (χ4n) is 3.17. The first-order valence-electron chi connectivity index (χ1n) is 8.23. The molecule has 0 saturated heterocycles. The van der Waals surface area contributed by atoms with Gasteiger partial charge in [0, 0.05) is 13.1 Å². The van der Waals surface area contributed by atoms with Gasteiger partial charge in [-0.15, -0.1) is 0 Å². The average Bonchev–Trinajstić information content (AvgIpc) is 3.12. The Morgan fingerprint density at radius 3 is 2.96 bits per heavy atom. The second kappa shape index (κ2) is 6.14. The minimum absolute atomic E-state index is 0.160. The van der Waals surface area contributed by atoms with E-state index in [2.05, 4.69) is 20.3 Å². The van der Waals surface area contributed by atoms with Crippen molar-refractivity contribution in [2.75, 3.05) is 6.54 Å². The molecular weight excluding hydrogens is 334 g/mol. The van der Waals surface area contributed by atoms with E-state index < -0.39 is 5.56 Å². The number of H-pyrrole nitrogens is 1. The molecule has 0 bridgehead atoms. The zero-order valence-electron chi connectivity index (χ0n) is 14.4. The van der Waals surface area contributed by atoms with Crippen LogP contribution < -0.4 is 10.9 Å². The van der Waals surface area contributed by atoms with Gasteiger partial charge in [-0.05, 0) is 26.0 Å². The first-order valence-corrected chi connectivity index (χ1v) is 8.23. The molecule has 1 aromatic carbocycles. The van der Waals surface area contributed by atoms with Crippen molar-refractivity contribution in [3.63, 3.8) is 0 Å². The highest BCUT2D eigenvalue weighted by atomic mass is 16.3. The van der Waals surface area contributed by atoms with Crippen molar-refractivity contribution in [1.29, 1.82) is 0 Å². The summed E-state index contributed by atoms with van der Waals surface area (Å²) in [5.74, 6) is 0.888. The zero-order chi connectivity index (χ0) is 18.3. The van der Waals surface area contributed by atoms with Crippen LogP contribution in [0.2, 0.25) is 0 Å². The molecule has 4 aromatic rings. The van der Waals surface area contributed by atoms with E-state index >= 15 is 0 Å². The highest BCUT2D eigenvalue weighted by Crippen LogP contribution is 2.20. The summed E-state index contributed by atoms with van der Waals surface area (Å²) in [5, 5.41) is 3.02. The molecule has 0 atom stereocenters. The summed E-state index contributed by atoms with van der Waals surface area (Å²) >= 11 is 0. The van der Waals surface area contributed by atoms with Gasteiger partial charge in [0.15, 0.2) is 0 Å². The van der Waals surface area contributed by atoms with E-state index in [1.807, 2.05) is 35.8 Å². The fourth-order valence-corrected chi connectivity index (χ4v) is 3.17. The van der Waals surface area contributed by atoms with Gasteiger partial charge >= 0.3 is 0 Å². The summed E-state index contributed by atoms with van der Waals surface area (Å²) in [4.78, 5) is 35.6. The monoisotopic (exact) mass is 351 g/mol. The SMILES string of the molecule is Cc1oc2nc[nH]c(=O)c2c1C(=O)NCCn1c(C)nc2ccccc21. The Bertz CT molecular complexity index is 1180. The van der Waals surface area contributed by atoms with Gasteiger partial charge in [0.05, 0.1) is 22.9 Å². The Hall–Kier alpha value is -3.42. The number of aromatic amines is 1. The number of imidazole rings is 1. The third kappa shape index (κ3) is 2.55. The number of para-hydroxylation sites is 2. The molecule has 26 heavy (non-hydrogen) atoms. The third-order valence-corrected chi connectivity index (χ3v) is 4.36. The molecule has 0 aliphatic carbocycles. The van der Waals surface area contributed by atoms with Crippen molar-refractivity contribution in [1.82, 2.24) is 24.8 Å². The van der Waals surface area contributed by atoms with Gasteiger partial charge < -0.3 is 19.3 Å². The molecule has 0 aliphatic heterocycles. The van der Waals surface area contributed by atoms with E-state index in [-0.39, 0.29) is 22.6 Å². The van der Waals surface area contributed by atoms with Crippen molar-refractivity contribution in [2.45, 2.75) is 20.4 Å². The number of hydrogen-bond acceptors (Lipinski definition) is 5. The third-order valence-electron chi connectivity index (χ3n) is 4.36. The van der Waals surface area contributed by atoms with Crippen LogP contribution in [-0.2, 0) is 6.54 Å². The number of rotatable bonds is 4. The number of hydrogen-bond donors (Lipinski definition) is 2. The van der Waals surface area contributed by atoms with Crippen LogP contribution in [0.5, 0.6) is 0 Å². The Labute approximate surface area is 147 Å². The molecule has 0 spiro atoms. The van der Waals surface area contributed by atoms with E-state index in [9.17, 15) is 9.59 Å². The molecule has 2 N–H and O–H groups in total. The molecule has 0 radical (unpaired) electrons. The number of aryl methyl sites for hydroxylation is 2. The standard InChI is InChI=1S/C18H17N5O3/c1-10-14(15-17(25)20-9-21-18(15)26-10)16(24)19-7-8-23-11(2)22-12-5-3-4-6-13(12)23/h3-6,9H,7-8H2,1-2H3,(H,19,24)(H,20,21,25). The number of benzene rings is 1. The number of carbonyl (C=O) groups is 1. The number of furan rings is 1. The summed E-state index contributed by atoms with van der Waals surface area (Å²) in [7, 11) is 0. The van der Waals surface area contributed by atoms with Gasteiger partial charge in [0.25, 0.3) is 11.5 Å². The van der Waals surface area contributed by atoms with Crippen LogP contribution in [0, 0.1) is 13.8 Å². The minimum atomic E-state index is -0.395. The summed E-state index contributed by atoms with van der Waals surface area (Å²) in [6.45, 7) is 4.54. The highest BCUT2D eigenvalue weighted by molar-refractivity contribution is 6.06. The molecule has 4 rings (SSSR count). The first-order chi connectivity index (χ1) is 12.6. The lowest BCUT2D eigenvalue weighted by Gasteiger charge is -2.08. The number of aromatic nitrogens is 4. The van der Waals surface area contributed by atoms with E-state index in [0.717, 1.165) is 16.9 Å². The molecule has 0 saturated carbocycles. The largest absolute Gasteiger partial charge is 0.442 e. The molecule has 1 amide bonds. The predicted octanol–water partition coefficient (Wildman–Crippen LogP) is 1.91. The van der Waals surface area contributed by atoms with Crippen LogP contribution in [0.25, 0.3) is 22.1 Å². The smallest absolute Gasteiger partial charge is 0.262 e. The molecule has 8 nitrogen and oxygen atoms in total. The van der Waals surface area contributed by atoms with Crippen LogP contribution >= 0.6 is 0 Å². The lowest BCUT2D eigenvalue weighted by molar-refractivity contribution is 0.0952. The number of nitrogens with one attached hydrogen (secondary N) is 2. The lowest BCUT2D eigenvalue weighted by atomic mass is 10.2. The maximum atomic E-state index is 12.6. The zero-order valence-corrected chi connectivity index (χ0v) is 14.4. The quantitative estimate of drug-likeness (QED) is 0.584. The van der Waals surface area contributed by atoms with Crippen molar-refractivity contribution in [3.8, 4) is 0 Å². The summed E-state index contributed by atoms with van der Waals surface area (Å²) in [6, 6.07) is 7.85. The Morgan fingerprint density at radius 1 is 1.31 bits per heavy atom. The molecule has 0 fully saturated rings. The van der Waals surface area contributed by atoms with Crippen LogP contribution in [0.3, 0.4) is 0 Å². The Kier molecular flexibility index (Phi) is 3.80. The van der Waals surface area contributed by atoms with Crippen LogP contribution in [0.15, 0.2) is 39.8 Å². The lowest BCUT2D eigenvalue weighted by Crippen LogP contribution is -2.28. The average molecular weight is 351 g/mol. The molecule has 3 aromatic heterocycles. The maximum absolute atomic E-state index is 12.6. The molecule has 0 aliphatic rings. The van der Waals surface area contributed by atoms with E-state index in [1.165, 1.54) is 6.33 Å². The molecular formula is C18H17N5O3. The first kappa shape index (κ1) is 16.1. The normalized spacial score (nSPS) is 11.3. The summed E-state index contributed by atoms with van der Waals surface area (Å²) in [6.07, 6.45) is 1.25. The van der Waals surface area contributed by atoms with Gasteiger partial charge in [0.1, 0.15) is 17.0 Å². The van der Waals surface area contributed by atoms with Crippen molar-refractivity contribution >= 4 is 28.0 Å². The van der Waals surface area contributed by atoms with Crippen molar-refractivity contribution in [2.24, 2.45) is 0 Å². The van der Waals surface area contributed by atoms with Crippen LogP contribution in [0.4, 0.5) is 0 Å². The molecule has 3 heterocycles. The van der Waals surface area contributed by atoms with Gasteiger partial charge in [0.2, 0.25) is 5.71 Å². The number of amides is 1. The summed E-state index contributed by atoms with van der Waals surface area (Å²) < 4.78 is 7.47. The minimum Gasteiger partial charge on any atom is -0.442 e. The molecule has 0 unspecified atom stereocenters. The number of nitrogens with zero attached hydrogens (tertiary/aromatic N) is 3. The van der Waals surface area contributed by atoms with Gasteiger partial charge in [-0.1, -0.05) is 12.1 Å². The van der Waals surface area contributed by atoms with Crippen molar-refractivity contribution < 1.29 is 9.21 Å². The van der Waals surface area contributed by atoms with Crippen LogP contribution in [0.1, 0.15) is 21.9 Å². The van der Waals surface area contributed by atoms with Gasteiger partial charge in [-0.2, -0.15) is 0 Å². The Balaban J connectivity index is 1.56. The van der Waals surface area contributed by atoms with E-state index in [4.69, 9.17) is 4.42 Å². The highest BCUT2D eigenvalue weighted by Gasteiger charge is 2.21. The second-order valence-electron chi connectivity index (χ2n) is 6.00. The number of carbonyl (C=O) groups excluding carboxylic acids is 1. The number of fused-ring (bicyclic) bond motifs is 2. The summed E-state index contributed by atoms with van der Waals surface area (Å²) in [5.41, 5.74) is 1.93. The van der Waals surface area contributed by atoms with Gasteiger partial charge in [-0.25, -0.2) is 9.97 Å². The maximum Gasteiger partial charge on any atom is 0.262 e. The van der Waals surface area contributed by atoms with Crippen molar-refractivity contribution in [3.05, 3.63) is 58.1 Å².